The molecule has 7 heteroatoms. The Kier molecular flexibility index (Phi) is 3.63. The summed E-state index contributed by atoms with van der Waals surface area (Å²) in [5.74, 6) is 0.573. The fourth-order valence-electron chi connectivity index (χ4n) is 3.39. The lowest BCUT2D eigenvalue weighted by Crippen LogP contribution is -2.25. The minimum Gasteiger partial charge on any atom is -0.391 e. The van der Waals surface area contributed by atoms with Crippen LogP contribution < -0.4 is 10.6 Å². The van der Waals surface area contributed by atoms with Gasteiger partial charge < -0.3 is 19.7 Å². The Balaban J connectivity index is 1.50. The zero-order chi connectivity index (χ0) is 15.1. The van der Waals surface area contributed by atoms with Crippen LogP contribution in [-0.4, -0.2) is 46.4 Å². The Labute approximate surface area is 129 Å². The van der Waals surface area contributed by atoms with E-state index in [1.54, 1.807) is 0 Å². The first-order valence-electron chi connectivity index (χ1n) is 8.08. The molecular weight excluding hydrogens is 284 g/mol. The molecule has 120 valence electrons. The molecule has 0 bridgehead atoms. The van der Waals surface area contributed by atoms with Gasteiger partial charge in [0.1, 0.15) is 0 Å². The third-order valence-electron chi connectivity index (χ3n) is 4.73. The summed E-state index contributed by atoms with van der Waals surface area (Å²) in [6.45, 7) is 2.51. The first-order valence-corrected chi connectivity index (χ1v) is 8.08. The zero-order valence-corrected chi connectivity index (χ0v) is 12.5. The van der Waals surface area contributed by atoms with Crippen LogP contribution in [0.5, 0.6) is 0 Å². The van der Waals surface area contributed by atoms with Crippen molar-refractivity contribution in [3.63, 3.8) is 0 Å². The Hall–Kier alpha value is -1.44. The number of carbonyl (C=O) groups excluding carboxylic acids is 1. The number of hydrogen-bond acceptors (Lipinski definition) is 5. The van der Waals surface area contributed by atoms with Gasteiger partial charge in [-0.25, -0.2) is 4.98 Å². The van der Waals surface area contributed by atoms with Gasteiger partial charge in [0.25, 0.3) is 0 Å². The number of nitrogens with one attached hydrogen (secondary N) is 2. The molecule has 2 fully saturated rings. The zero-order valence-electron chi connectivity index (χ0n) is 12.5. The molecule has 1 amide bonds. The highest BCUT2D eigenvalue weighted by Gasteiger charge is 2.33. The van der Waals surface area contributed by atoms with E-state index in [4.69, 9.17) is 4.74 Å². The quantitative estimate of drug-likeness (QED) is 0.739. The maximum atomic E-state index is 12.3. The number of carbonyl (C=O) groups is 1. The Bertz CT molecular complexity index is 582. The number of aliphatic hydroxyl groups is 1. The topological polar surface area (TPSA) is 88.4 Å². The van der Waals surface area contributed by atoms with Gasteiger partial charge in [-0.2, -0.15) is 0 Å². The minimum atomic E-state index is -0.435. The molecule has 1 aromatic rings. The molecule has 0 radical (unpaired) electrons. The second kappa shape index (κ2) is 5.64. The van der Waals surface area contributed by atoms with Crippen molar-refractivity contribution in [2.24, 2.45) is 5.92 Å². The summed E-state index contributed by atoms with van der Waals surface area (Å²) in [6.07, 6.45) is 3.05. The van der Waals surface area contributed by atoms with Crippen molar-refractivity contribution in [2.45, 2.75) is 44.4 Å². The second-order valence-electron chi connectivity index (χ2n) is 6.47. The van der Waals surface area contributed by atoms with Gasteiger partial charge >= 0.3 is 0 Å². The first kappa shape index (κ1) is 14.2. The van der Waals surface area contributed by atoms with Crippen LogP contribution in [0.3, 0.4) is 0 Å². The van der Waals surface area contributed by atoms with Crippen molar-refractivity contribution in [2.75, 3.05) is 25.0 Å². The fraction of sp³-hybridized carbons (Fsp3) is 0.733. The molecule has 0 unspecified atom stereocenters. The molecule has 1 saturated carbocycles. The third-order valence-corrected chi connectivity index (χ3v) is 4.73. The Morgan fingerprint density at radius 3 is 3.05 bits per heavy atom. The molecule has 3 heterocycles. The Morgan fingerprint density at radius 1 is 1.45 bits per heavy atom. The molecular formula is C15H22N4O3. The largest absolute Gasteiger partial charge is 0.391 e. The number of anilines is 1. The van der Waals surface area contributed by atoms with Crippen molar-refractivity contribution < 1.29 is 14.6 Å². The van der Waals surface area contributed by atoms with E-state index in [1.165, 1.54) is 5.69 Å². The molecule has 1 saturated heterocycles. The predicted molar refractivity (Wildman–Crippen MR) is 79.5 cm³/mol. The average Bonchev–Trinajstić information content (AvgIpc) is 3.16. The van der Waals surface area contributed by atoms with Crippen molar-refractivity contribution in [1.29, 1.82) is 0 Å². The summed E-state index contributed by atoms with van der Waals surface area (Å²) in [4.78, 5) is 16.9. The SMILES string of the molecule is O=C(C[C@@H]1CNC[C@H]1O)Nc1nc2c(n1C1CC1)CCOC2. The van der Waals surface area contributed by atoms with Gasteiger partial charge in [0, 0.05) is 43.6 Å². The normalized spacial score (nSPS) is 27.7. The van der Waals surface area contributed by atoms with E-state index >= 15 is 0 Å². The van der Waals surface area contributed by atoms with E-state index in [-0.39, 0.29) is 11.8 Å². The highest BCUT2D eigenvalue weighted by Crippen LogP contribution is 2.40. The molecule has 3 aliphatic rings. The smallest absolute Gasteiger partial charge is 0.227 e. The number of hydrogen-bond donors (Lipinski definition) is 3. The van der Waals surface area contributed by atoms with Crippen molar-refractivity contribution in [3.05, 3.63) is 11.4 Å². The number of β-amino-alcohol motifs (C(OH)–C–C–N with tert-alkyl or cyclic N) is 1. The standard InChI is InChI=1S/C15H22N4O3/c20-13-7-16-6-9(13)5-14(21)18-15-17-11-8-22-4-3-12(11)19(15)10-1-2-10/h9-10,13,16,20H,1-8H2,(H,17,18,21)/t9-,13-/m1/s1. The summed E-state index contributed by atoms with van der Waals surface area (Å²) < 4.78 is 7.65. The summed E-state index contributed by atoms with van der Waals surface area (Å²) in [7, 11) is 0. The van der Waals surface area contributed by atoms with Crippen molar-refractivity contribution in [3.8, 4) is 0 Å². The Morgan fingerprint density at radius 2 is 2.32 bits per heavy atom. The summed E-state index contributed by atoms with van der Waals surface area (Å²) in [5.41, 5.74) is 2.17. The van der Waals surface area contributed by atoms with Crippen LogP contribution in [0.25, 0.3) is 0 Å². The lowest BCUT2D eigenvalue weighted by Gasteiger charge is -2.16. The minimum absolute atomic E-state index is 0.0118. The third kappa shape index (κ3) is 2.64. The van der Waals surface area contributed by atoms with E-state index in [0.29, 0.717) is 38.1 Å². The van der Waals surface area contributed by atoms with Gasteiger partial charge in [-0.3, -0.25) is 10.1 Å². The molecule has 0 aromatic carbocycles. The number of rotatable bonds is 4. The van der Waals surface area contributed by atoms with Gasteiger partial charge in [-0.05, 0) is 12.8 Å². The lowest BCUT2D eigenvalue weighted by molar-refractivity contribution is -0.117. The highest BCUT2D eigenvalue weighted by molar-refractivity contribution is 5.89. The van der Waals surface area contributed by atoms with Gasteiger partial charge in [-0.1, -0.05) is 0 Å². The number of imidazole rings is 1. The van der Waals surface area contributed by atoms with E-state index in [9.17, 15) is 9.90 Å². The first-order chi connectivity index (χ1) is 10.7. The van der Waals surface area contributed by atoms with Crippen molar-refractivity contribution in [1.82, 2.24) is 14.9 Å². The number of aromatic nitrogens is 2. The monoisotopic (exact) mass is 306 g/mol. The summed E-state index contributed by atoms with van der Waals surface area (Å²) >= 11 is 0. The number of aliphatic hydroxyl groups excluding tert-OH is 1. The molecule has 7 nitrogen and oxygen atoms in total. The van der Waals surface area contributed by atoms with E-state index in [2.05, 4.69) is 20.2 Å². The second-order valence-corrected chi connectivity index (χ2v) is 6.47. The van der Waals surface area contributed by atoms with E-state index < -0.39 is 6.10 Å². The fourth-order valence-corrected chi connectivity index (χ4v) is 3.39. The van der Waals surface area contributed by atoms with Crippen LogP contribution in [0.4, 0.5) is 5.95 Å². The van der Waals surface area contributed by atoms with Crippen molar-refractivity contribution >= 4 is 11.9 Å². The maximum absolute atomic E-state index is 12.3. The number of fused-ring (bicyclic) bond motifs is 1. The highest BCUT2D eigenvalue weighted by atomic mass is 16.5. The molecule has 2 aliphatic heterocycles. The van der Waals surface area contributed by atoms with E-state index in [1.807, 2.05) is 0 Å². The van der Waals surface area contributed by atoms with Gasteiger partial charge in [0.05, 0.1) is 25.0 Å². The molecule has 1 aromatic heterocycles. The number of ether oxygens (including phenoxy) is 1. The molecule has 22 heavy (non-hydrogen) atoms. The van der Waals surface area contributed by atoms with Crippen LogP contribution >= 0.6 is 0 Å². The lowest BCUT2D eigenvalue weighted by atomic mass is 10.0. The van der Waals surface area contributed by atoms with Gasteiger partial charge in [0.15, 0.2) is 0 Å². The van der Waals surface area contributed by atoms with Crippen LogP contribution in [-0.2, 0) is 22.6 Å². The molecule has 4 rings (SSSR count). The maximum Gasteiger partial charge on any atom is 0.227 e. The van der Waals surface area contributed by atoms with E-state index in [0.717, 1.165) is 31.6 Å². The predicted octanol–water partition coefficient (Wildman–Crippen LogP) is 0.200. The van der Waals surface area contributed by atoms with Crippen LogP contribution in [0.2, 0.25) is 0 Å². The molecule has 3 N–H and O–H groups in total. The summed E-state index contributed by atoms with van der Waals surface area (Å²) in [6, 6.07) is 0.475. The molecule has 1 aliphatic carbocycles. The summed E-state index contributed by atoms with van der Waals surface area (Å²) in [5, 5.41) is 15.9. The molecule has 2 atom stereocenters. The van der Waals surface area contributed by atoms with Gasteiger partial charge in [-0.15, -0.1) is 0 Å². The van der Waals surface area contributed by atoms with Crippen LogP contribution in [0, 0.1) is 5.92 Å². The molecule has 0 spiro atoms. The van der Waals surface area contributed by atoms with Crippen LogP contribution in [0.15, 0.2) is 0 Å². The average molecular weight is 306 g/mol. The van der Waals surface area contributed by atoms with Gasteiger partial charge in [0.2, 0.25) is 11.9 Å². The number of amides is 1. The number of nitrogens with zero attached hydrogens (tertiary/aromatic N) is 2. The van der Waals surface area contributed by atoms with Crippen LogP contribution in [0.1, 0.15) is 36.7 Å².